The molecule has 0 spiro atoms. The summed E-state index contributed by atoms with van der Waals surface area (Å²) in [6.45, 7) is 0. The van der Waals surface area contributed by atoms with Crippen molar-refractivity contribution in [3.8, 4) is 0 Å². The number of allylic oxidation sites excluding steroid dienone is 3. The minimum Gasteiger partial charge on any atom is -0.173 e. The van der Waals surface area contributed by atoms with Gasteiger partial charge in [0.2, 0.25) is 0 Å². The van der Waals surface area contributed by atoms with Gasteiger partial charge in [0, 0.05) is 6.08 Å². The lowest BCUT2D eigenvalue weighted by Crippen LogP contribution is -2.12. The van der Waals surface area contributed by atoms with Gasteiger partial charge < -0.3 is 0 Å². The van der Waals surface area contributed by atoms with Gasteiger partial charge in [0.1, 0.15) is 5.57 Å². The second kappa shape index (κ2) is 3.97. The Hall–Kier alpha value is -1.08. The smallest absolute Gasteiger partial charge is 0.173 e. The Morgan fingerprint density at radius 2 is 1.29 bits per heavy atom. The third-order valence-electron chi connectivity index (χ3n) is 0.948. The Morgan fingerprint density at radius 3 is 1.50 bits per heavy atom. The molecule has 0 unspecified atom stereocenters. The van der Waals surface area contributed by atoms with Crippen molar-refractivity contribution in [1.29, 1.82) is 0 Å². The average Bonchev–Trinajstić information content (AvgIpc) is 1.79. The van der Waals surface area contributed by atoms with Crippen LogP contribution in [0.5, 0.6) is 0 Å². The summed E-state index contributed by atoms with van der Waals surface area (Å²) in [5, 5.41) is 0. The van der Waals surface area contributed by atoms with Crippen LogP contribution in [0.25, 0.3) is 0 Å². The summed E-state index contributed by atoms with van der Waals surface area (Å²) in [6, 6.07) is 0. The van der Waals surface area contributed by atoms with Gasteiger partial charge in [-0.05, 0) is 6.08 Å². The van der Waals surface area contributed by atoms with Gasteiger partial charge in [-0.1, -0.05) is 0 Å². The standard InChI is InChI=1S/C6H2F8/c7-4(8)3(6(12,13)14)1-2-5(9,10)11/h1-2H. The van der Waals surface area contributed by atoms with Crippen molar-refractivity contribution in [2.75, 3.05) is 0 Å². The zero-order valence-corrected chi connectivity index (χ0v) is 6.18. The van der Waals surface area contributed by atoms with Gasteiger partial charge in [-0.25, -0.2) is 0 Å². The molecule has 0 rings (SSSR count). The predicted molar refractivity (Wildman–Crippen MR) is 30.5 cm³/mol. The van der Waals surface area contributed by atoms with E-state index in [-0.39, 0.29) is 0 Å². The van der Waals surface area contributed by atoms with E-state index in [4.69, 9.17) is 0 Å². The fourth-order valence-corrected chi connectivity index (χ4v) is 0.442. The van der Waals surface area contributed by atoms with Crippen LogP contribution < -0.4 is 0 Å². The van der Waals surface area contributed by atoms with E-state index in [9.17, 15) is 35.1 Å². The van der Waals surface area contributed by atoms with E-state index in [1.54, 1.807) is 0 Å². The van der Waals surface area contributed by atoms with E-state index in [1.165, 1.54) is 0 Å². The van der Waals surface area contributed by atoms with Crippen molar-refractivity contribution in [3.05, 3.63) is 23.8 Å². The summed E-state index contributed by atoms with van der Waals surface area (Å²) in [4.78, 5) is 0. The summed E-state index contributed by atoms with van der Waals surface area (Å²) in [6.07, 6.45) is -15.4. The zero-order chi connectivity index (χ0) is 11.6. The minimum absolute atomic E-state index is 0.713. The van der Waals surface area contributed by atoms with Crippen LogP contribution in [0.3, 0.4) is 0 Å². The Morgan fingerprint density at radius 1 is 0.857 bits per heavy atom. The monoisotopic (exact) mass is 226 g/mol. The van der Waals surface area contributed by atoms with Crippen LogP contribution in [0.2, 0.25) is 0 Å². The number of hydrogen-bond acceptors (Lipinski definition) is 0. The average molecular weight is 226 g/mol. The lowest BCUT2D eigenvalue weighted by atomic mass is 10.2. The van der Waals surface area contributed by atoms with E-state index in [2.05, 4.69) is 0 Å². The highest BCUT2D eigenvalue weighted by atomic mass is 19.4. The molecule has 0 aromatic carbocycles. The molecule has 0 N–H and O–H groups in total. The van der Waals surface area contributed by atoms with Crippen molar-refractivity contribution in [2.45, 2.75) is 12.4 Å². The van der Waals surface area contributed by atoms with E-state index in [0.29, 0.717) is 0 Å². The van der Waals surface area contributed by atoms with Crippen LogP contribution in [0.4, 0.5) is 35.1 Å². The van der Waals surface area contributed by atoms with Crippen molar-refractivity contribution in [1.82, 2.24) is 0 Å². The molecule has 0 saturated heterocycles. The molecule has 0 saturated carbocycles. The molecule has 0 fully saturated rings. The van der Waals surface area contributed by atoms with Gasteiger partial charge in [0.05, 0.1) is 0 Å². The molecule has 0 radical (unpaired) electrons. The molecule has 14 heavy (non-hydrogen) atoms. The molecular weight excluding hydrogens is 224 g/mol. The van der Waals surface area contributed by atoms with Crippen LogP contribution >= 0.6 is 0 Å². The third-order valence-corrected chi connectivity index (χ3v) is 0.948. The van der Waals surface area contributed by atoms with Crippen molar-refractivity contribution in [2.24, 2.45) is 0 Å². The third kappa shape index (κ3) is 4.83. The van der Waals surface area contributed by atoms with Gasteiger partial charge in [-0.2, -0.15) is 35.1 Å². The molecular formula is C6H2F8. The van der Waals surface area contributed by atoms with Gasteiger partial charge in [0.15, 0.2) is 0 Å². The highest BCUT2D eigenvalue weighted by Crippen LogP contribution is 2.31. The molecule has 0 aliphatic rings. The molecule has 0 aliphatic carbocycles. The summed E-state index contributed by atoms with van der Waals surface area (Å²) in [7, 11) is 0. The first-order chi connectivity index (χ1) is 6.04. The fraction of sp³-hybridized carbons (Fsp3) is 0.333. The summed E-state index contributed by atoms with van der Waals surface area (Å²) < 4.78 is 91.8. The number of rotatable bonds is 1. The molecule has 0 atom stereocenters. The van der Waals surface area contributed by atoms with Gasteiger partial charge in [0.25, 0.3) is 6.08 Å². The van der Waals surface area contributed by atoms with Crippen LogP contribution in [0.15, 0.2) is 23.8 Å². The fourth-order valence-electron chi connectivity index (χ4n) is 0.442. The van der Waals surface area contributed by atoms with Crippen molar-refractivity contribution < 1.29 is 35.1 Å². The first-order valence-corrected chi connectivity index (χ1v) is 2.92. The maximum atomic E-state index is 11.6. The van der Waals surface area contributed by atoms with Crippen LogP contribution in [-0.4, -0.2) is 12.4 Å². The van der Waals surface area contributed by atoms with E-state index >= 15 is 0 Å². The Bertz CT molecular complexity index is 248. The molecule has 0 heterocycles. The molecule has 0 aromatic heterocycles. The Kier molecular flexibility index (Phi) is 3.66. The summed E-state index contributed by atoms with van der Waals surface area (Å²) in [5.74, 6) is 0. The van der Waals surface area contributed by atoms with Crippen molar-refractivity contribution in [3.63, 3.8) is 0 Å². The number of hydrogen-bond donors (Lipinski definition) is 0. The predicted octanol–water partition coefficient (Wildman–Crippen LogP) is 3.82. The first-order valence-electron chi connectivity index (χ1n) is 2.92. The number of alkyl halides is 6. The van der Waals surface area contributed by atoms with Gasteiger partial charge in [-0.15, -0.1) is 0 Å². The molecule has 0 aromatic rings. The second-order valence-electron chi connectivity index (χ2n) is 2.05. The quantitative estimate of drug-likeness (QED) is 0.471. The van der Waals surface area contributed by atoms with Crippen LogP contribution in [0.1, 0.15) is 0 Å². The lowest BCUT2D eigenvalue weighted by Gasteiger charge is -2.06. The normalized spacial score (nSPS) is 13.4. The molecule has 0 nitrogen and oxygen atoms in total. The maximum Gasteiger partial charge on any atom is 0.421 e. The Balaban J connectivity index is 4.95. The highest BCUT2D eigenvalue weighted by Gasteiger charge is 2.37. The molecule has 0 aliphatic heterocycles. The second-order valence-corrected chi connectivity index (χ2v) is 2.05. The Labute approximate surface area is 72.5 Å². The number of halogens is 8. The first kappa shape index (κ1) is 12.9. The van der Waals surface area contributed by atoms with Crippen LogP contribution in [0, 0.1) is 0 Å². The minimum atomic E-state index is -5.50. The molecule has 0 amide bonds. The van der Waals surface area contributed by atoms with Crippen molar-refractivity contribution >= 4 is 0 Å². The topological polar surface area (TPSA) is 0 Å². The molecule has 8 heteroatoms. The SMILES string of the molecule is FC(F)=C(C=CC(F)(F)F)C(F)(F)F. The summed E-state index contributed by atoms with van der Waals surface area (Å²) in [5.41, 5.74) is -2.60. The zero-order valence-electron chi connectivity index (χ0n) is 6.18. The highest BCUT2D eigenvalue weighted by molar-refractivity contribution is 5.25. The van der Waals surface area contributed by atoms with E-state index in [0.717, 1.165) is 0 Å². The van der Waals surface area contributed by atoms with Gasteiger partial charge in [-0.3, -0.25) is 0 Å². The summed E-state index contributed by atoms with van der Waals surface area (Å²) >= 11 is 0. The molecule has 82 valence electrons. The largest absolute Gasteiger partial charge is 0.421 e. The van der Waals surface area contributed by atoms with E-state index < -0.39 is 36.2 Å². The molecule has 0 bridgehead atoms. The van der Waals surface area contributed by atoms with Gasteiger partial charge >= 0.3 is 12.4 Å². The lowest BCUT2D eigenvalue weighted by molar-refractivity contribution is -0.0931. The maximum absolute atomic E-state index is 11.6. The van der Waals surface area contributed by atoms with Crippen LogP contribution in [-0.2, 0) is 0 Å². The van der Waals surface area contributed by atoms with E-state index in [1.807, 2.05) is 0 Å².